The van der Waals surface area contributed by atoms with Gasteiger partial charge in [0.2, 0.25) is 0 Å². The molecule has 0 aliphatic carbocycles. The highest BCUT2D eigenvalue weighted by atomic mass is 16.3. The van der Waals surface area contributed by atoms with Crippen molar-refractivity contribution >= 4 is 5.69 Å². The Morgan fingerprint density at radius 2 is 1.93 bits per heavy atom. The van der Waals surface area contributed by atoms with Gasteiger partial charge in [-0.1, -0.05) is 26.0 Å². The Hall–Kier alpha value is -1.02. The van der Waals surface area contributed by atoms with E-state index in [2.05, 4.69) is 37.4 Å². The first kappa shape index (κ1) is 12.1. The van der Waals surface area contributed by atoms with Crippen LogP contribution in [-0.4, -0.2) is 18.3 Å². The van der Waals surface area contributed by atoms with Gasteiger partial charge in [-0.15, -0.1) is 0 Å². The van der Waals surface area contributed by atoms with E-state index in [1.807, 2.05) is 13.8 Å². The van der Waals surface area contributed by atoms with Gasteiger partial charge in [0.1, 0.15) is 0 Å². The molecule has 1 aromatic rings. The van der Waals surface area contributed by atoms with Crippen molar-refractivity contribution in [2.24, 2.45) is 5.41 Å². The molecule has 0 amide bonds. The molecule has 0 radical (unpaired) electrons. The molecule has 0 fully saturated rings. The predicted molar refractivity (Wildman–Crippen MR) is 65.3 cm³/mol. The van der Waals surface area contributed by atoms with Gasteiger partial charge in [-0.3, -0.25) is 0 Å². The molecule has 2 N–H and O–H groups in total. The highest BCUT2D eigenvalue weighted by molar-refractivity contribution is 5.52. The zero-order chi connectivity index (χ0) is 11.5. The van der Waals surface area contributed by atoms with Crippen molar-refractivity contribution in [2.45, 2.75) is 27.7 Å². The van der Waals surface area contributed by atoms with Crippen LogP contribution in [0.5, 0.6) is 0 Å². The fourth-order valence-electron chi connectivity index (χ4n) is 1.32. The number of aryl methyl sites for hydroxylation is 2. The molecule has 0 aliphatic heterocycles. The first-order valence-electron chi connectivity index (χ1n) is 5.36. The smallest absolute Gasteiger partial charge is 0.0498 e. The maximum atomic E-state index is 9.16. The molecule has 1 rings (SSSR count). The van der Waals surface area contributed by atoms with Crippen LogP contribution < -0.4 is 5.32 Å². The zero-order valence-corrected chi connectivity index (χ0v) is 10.1. The molecule has 0 atom stereocenters. The monoisotopic (exact) mass is 207 g/mol. The number of hydrogen-bond donors (Lipinski definition) is 2. The van der Waals surface area contributed by atoms with E-state index in [1.165, 1.54) is 11.1 Å². The maximum Gasteiger partial charge on any atom is 0.0498 e. The molecule has 0 saturated heterocycles. The fourth-order valence-corrected chi connectivity index (χ4v) is 1.32. The molecule has 0 saturated carbocycles. The van der Waals surface area contributed by atoms with Crippen LogP contribution in [0.15, 0.2) is 18.2 Å². The van der Waals surface area contributed by atoms with E-state index in [9.17, 15) is 0 Å². The summed E-state index contributed by atoms with van der Waals surface area (Å²) >= 11 is 0. The number of rotatable bonds is 4. The van der Waals surface area contributed by atoms with Crippen molar-refractivity contribution in [3.63, 3.8) is 0 Å². The number of aliphatic hydroxyl groups excluding tert-OH is 1. The third kappa shape index (κ3) is 3.56. The van der Waals surface area contributed by atoms with E-state index in [0.29, 0.717) is 0 Å². The quantitative estimate of drug-likeness (QED) is 0.795. The van der Waals surface area contributed by atoms with Crippen LogP contribution in [0.3, 0.4) is 0 Å². The summed E-state index contributed by atoms with van der Waals surface area (Å²) in [6, 6.07) is 6.37. The van der Waals surface area contributed by atoms with Crippen LogP contribution in [0.25, 0.3) is 0 Å². The molecule has 0 heterocycles. The van der Waals surface area contributed by atoms with Crippen LogP contribution >= 0.6 is 0 Å². The Morgan fingerprint density at radius 1 is 1.27 bits per heavy atom. The Morgan fingerprint density at radius 3 is 2.53 bits per heavy atom. The van der Waals surface area contributed by atoms with E-state index in [0.717, 1.165) is 12.2 Å². The fraction of sp³-hybridized carbons (Fsp3) is 0.538. The largest absolute Gasteiger partial charge is 0.396 e. The van der Waals surface area contributed by atoms with E-state index in [-0.39, 0.29) is 12.0 Å². The number of hydrogen-bond acceptors (Lipinski definition) is 2. The third-order valence-corrected chi connectivity index (χ3v) is 2.58. The minimum Gasteiger partial charge on any atom is -0.396 e. The van der Waals surface area contributed by atoms with E-state index in [1.54, 1.807) is 0 Å². The van der Waals surface area contributed by atoms with Crippen LogP contribution in [0, 0.1) is 19.3 Å². The Balaban J connectivity index is 2.69. The lowest BCUT2D eigenvalue weighted by Gasteiger charge is -2.23. The minimum atomic E-state index is -0.0732. The highest BCUT2D eigenvalue weighted by Gasteiger charge is 2.16. The van der Waals surface area contributed by atoms with Crippen molar-refractivity contribution in [3.05, 3.63) is 29.3 Å². The average Bonchev–Trinajstić information content (AvgIpc) is 2.20. The second-order valence-corrected chi connectivity index (χ2v) is 4.99. The average molecular weight is 207 g/mol. The summed E-state index contributed by atoms with van der Waals surface area (Å²) in [5, 5.41) is 12.5. The van der Waals surface area contributed by atoms with Gasteiger partial charge in [0, 0.05) is 24.3 Å². The molecule has 0 unspecified atom stereocenters. The standard InChI is InChI=1S/C13H21NO/c1-10-5-6-11(2)12(7-10)14-8-13(3,4)9-15/h5-7,14-15H,8-9H2,1-4H3. The van der Waals surface area contributed by atoms with Crippen LogP contribution in [0.2, 0.25) is 0 Å². The van der Waals surface area contributed by atoms with Gasteiger partial charge in [-0.05, 0) is 31.0 Å². The first-order valence-corrected chi connectivity index (χ1v) is 5.36. The van der Waals surface area contributed by atoms with Gasteiger partial charge in [-0.25, -0.2) is 0 Å². The van der Waals surface area contributed by atoms with Gasteiger partial charge in [0.05, 0.1) is 0 Å². The summed E-state index contributed by atoms with van der Waals surface area (Å²) in [4.78, 5) is 0. The van der Waals surface area contributed by atoms with Crippen molar-refractivity contribution < 1.29 is 5.11 Å². The van der Waals surface area contributed by atoms with Crippen LogP contribution in [0.4, 0.5) is 5.69 Å². The molecule has 0 aromatic heterocycles. The summed E-state index contributed by atoms with van der Waals surface area (Å²) in [5.74, 6) is 0. The number of benzene rings is 1. The van der Waals surface area contributed by atoms with Crippen molar-refractivity contribution in [2.75, 3.05) is 18.5 Å². The molecule has 1 aromatic carbocycles. The molecule has 0 spiro atoms. The van der Waals surface area contributed by atoms with Gasteiger partial charge in [-0.2, -0.15) is 0 Å². The Labute approximate surface area is 92.3 Å². The molecule has 84 valence electrons. The Bertz CT molecular complexity index is 331. The lowest BCUT2D eigenvalue weighted by molar-refractivity contribution is 0.171. The molecular weight excluding hydrogens is 186 g/mol. The van der Waals surface area contributed by atoms with Gasteiger partial charge in [0.25, 0.3) is 0 Å². The highest BCUT2D eigenvalue weighted by Crippen LogP contribution is 2.20. The van der Waals surface area contributed by atoms with Crippen LogP contribution in [-0.2, 0) is 0 Å². The molecule has 0 aliphatic rings. The van der Waals surface area contributed by atoms with Gasteiger partial charge in [0.15, 0.2) is 0 Å². The maximum absolute atomic E-state index is 9.16. The Kier molecular flexibility index (Phi) is 3.75. The molecule has 2 heteroatoms. The zero-order valence-electron chi connectivity index (χ0n) is 10.1. The second-order valence-electron chi connectivity index (χ2n) is 4.99. The summed E-state index contributed by atoms with van der Waals surface area (Å²) in [5.41, 5.74) is 3.59. The molecular formula is C13H21NO. The number of aliphatic hydroxyl groups is 1. The van der Waals surface area contributed by atoms with Gasteiger partial charge >= 0.3 is 0 Å². The van der Waals surface area contributed by atoms with Crippen molar-refractivity contribution in [3.8, 4) is 0 Å². The number of anilines is 1. The van der Waals surface area contributed by atoms with E-state index in [4.69, 9.17) is 5.11 Å². The minimum absolute atomic E-state index is 0.0732. The summed E-state index contributed by atoms with van der Waals surface area (Å²) in [7, 11) is 0. The lowest BCUT2D eigenvalue weighted by Crippen LogP contribution is -2.27. The molecule has 0 bridgehead atoms. The third-order valence-electron chi connectivity index (χ3n) is 2.58. The summed E-state index contributed by atoms with van der Waals surface area (Å²) in [6.07, 6.45) is 0. The number of nitrogens with one attached hydrogen (secondary N) is 1. The molecule has 2 nitrogen and oxygen atoms in total. The van der Waals surface area contributed by atoms with Gasteiger partial charge < -0.3 is 10.4 Å². The first-order chi connectivity index (χ1) is 6.94. The topological polar surface area (TPSA) is 32.3 Å². The van der Waals surface area contributed by atoms with Crippen LogP contribution in [0.1, 0.15) is 25.0 Å². The SMILES string of the molecule is Cc1ccc(C)c(NCC(C)(C)CO)c1. The summed E-state index contributed by atoms with van der Waals surface area (Å²) < 4.78 is 0. The lowest BCUT2D eigenvalue weighted by atomic mass is 9.94. The van der Waals surface area contributed by atoms with E-state index < -0.39 is 0 Å². The van der Waals surface area contributed by atoms with Crippen molar-refractivity contribution in [1.29, 1.82) is 0 Å². The predicted octanol–water partition coefficient (Wildman–Crippen LogP) is 2.73. The second kappa shape index (κ2) is 4.67. The molecule has 15 heavy (non-hydrogen) atoms. The normalized spacial score (nSPS) is 11.5. The van der Waals surface area contributed by atoms with Crippen molar-refractivity contribution in [1.82, 2.24) is 0 Å². The van der Waals surface area contributed by atoms with E-state index >= 15 is 0 Å². The summed E-state index contributed by atoms with van der Waals surface area (Å²) in [6.45, 7) is 9.25.